The highest BCUT2D eigenvalue weighted by molar-refractivity contribution is 8.00. The molecule has 212 valence electrons. The fourth-order valence-corrected chi connectivity index (χ4v) is 5.47. The molecule has 1 fully saturated rings. The van der Waals surface area contributed by atoms with Crippen molar-refractivity contribution in [3.63, 3.8) is 0 Å². The van der Waals surface area contributed by atoms with Crippen molar-refractivity contribution in [1.29, 1.82) is 0 Å². The number of thioether (sulfide) groups is 1. The molecule has 5 heteroatoms. The van der Waals surface area contributed by atoms with E-state index < -0.39 is 12.2 Å². The number of hydrogen-bond donors (Lipinski definition) is 0. The van der Waals surface area contributed by atoms with E-state index in [1.165, 1.54) is 4.90 Å². The fraction of sp³-hybridized carbons (Fsp3) is 0.471. The Labute approximate surface area is 241 Å². The van der Waals surface area contributed by atoms with Crippen LogP contribution in [0.5, 0.6) is 0 Å². The predicted octanol–water partition coefficient (Wildman–Crippen LogP) is 9.53. The second-order valence-electron chi connectivity index (χ2n) is 9.64. The van der Waals surface area contributed by atoms with E-state index in [0.717, 1.165) is 62.7 Å². The van der Waals surface area contributed by atoms with Gasteiger partial charge in [-0.3, -0.25) is 4.79 Å². The van der Waals surface area contributed by atoms with Crippen LogP contribution >= 0.6 is 11.8 Å². The minimum Gasteiger partial charge on any atom is -0.439 e. The highest BCUT2D eigenvalue weighted by Gasteiger charge is 2.44. The van der Waals surface area contributed by atoms with Gasteiger partial charge in [0.05, 0.1) is 11.3 Å². The van der Waals surface area contributed by atoms with Gasteiger partial charge >= 0.3 is 6.09 Å². The molecule has 1 aromatic carbocycles. The number of unbranched alkanes of at least 4 members (excludes halogenated alkanes) is 2. The Kier molecular flexibility index (Phi) is 16.8. The molecule has 1 aromatic rings. The zero-order valence-corrected chi connectivity index (χ0v) is 24.9. The van der Waals surface area contributed by atoms with Gasteiger partial charge in [0, 0.05) is 0 Å². The van der Waals surface area contributed by atoms with Crippen LogP contribution in [0.15, 0.2) is 91.1 Å². The summed E-state index contributed by atoms with van der Waals surface area (Å²) in [6.07, 6.45) is 30.2. The maximum Gasteiger partial charge on any atom is 0.417 e. The lowest BCUT2D eigenvalue weighted by Crippen LogP contribution is -2.42. The van der Waals surface area contributed by atoms with Crippen molar-refractivity contribution in [2.75, 3.05) is 5.75 Å². The molecule has 1 heterocycles. The number of amides is 2. The normalized spacial score (nSPS) is 18.9. The van der Waals surface area contributed by atoms with Gasteiger partial charge in [-0.1, -0.05) is 105 Å². The molecule has 1 aliphatic heterocycles. The molecule has 2 rings (SSSR count). The van der Waals surface area contributed by atoms with Gasteiger partial charge in [-0.2, -0.15) is 0 Å². The Hall–Kier alpha value is -2.79. The zero-order chi connectivity index (χ0) is 28.1. The third kappa shape index (κ3) is 12.3. The Bertz CT molecular complexity index is 979. The Balaban J connectivity index is 1.57. The van der Waals surface area contributed by atoms with Gasteiger partial charge in [0.15, 0.2) is 0 Å². The molecule has 0 saturated carbocycles. The van der Waals surface area contributed by atoms with E-state index >= 15 is 0 Å². The van der Waals surface area contributed by atoms with Crippen LogP contribution in [0.4, 0.5) is 4.79 Å². The van der Waals surface area contributed by atoms with Crippen molar-refractivity contribution >= 4 is 23.8 Å². The quantitative estimate of drug-likeness (QED) is 0.135. The van der Waals surface area contributed by atoms with E-state index in [1.54, 1.807) is 11.8 Å². The molecule has 3 atom stereocenters. The minimum atomic E-state index is -0.529. The second-order valence-corrected chi connectivity index (χ2v) is 10.9. The van der Waals surface area contributed by atoms with Crippen LogP contribution in [0.1, 0.15) is 90.2 Å². The minimum absolute atomic E-state index is 0.128. The van der Waals surface area contributed by atoms with Crippen molar-refractivity contribution in [2.24, 2.45) is 0 Å². The number of carbonyl (C=O) groups excluding carboxylic acids is 2. The average molecular weight is 550 g/mol. The molecule has 0 aromatic heterocycles. The third-order valence-corrected chi connectivity index (χ3v) is 7.99. The van der Waals surface area contributed by atoms with E-state index in [1.807, 2.05) is 44.2 Å². The molecule has 0 bridgehead atoms. The van der Waals surface area contributed by atoms with E-state index in [4.69, 9.17) is 4.74 Å². The van der Waals surface area contributed by atoms with Gasteiger partial charge in [-0.25, -0.2) is 9.69 Å². The summed E-state index contributed by atoms with van der Waals surface area (Å²) in [4.78, 5) is 27.0. The molecule has 0 aliphatic carbocycles. The van der Waals surface area contributed by atoms with Crippen LogP contribution in [0.25, 0.3) is 0 Å². The maximum absolute atomic E-state index is 13.2. The standard InChI is InChI=1S/C34H47NO3S/c1-4-6-7-8-9-10-11-12-13-14-15-16-17-18-19-20-21-25-28-39-31(5-2)33(36)35-29(3)32(38-34(35)37)30-26-23-22-24-27-30/h6-7,9-10,12-13,15-16,18-19,22-24,26-27,29,31-32H,4-5,8,11,14,17,20-21,25,28H2,1-3H3/b7-6-,10-9-,13-12-,16-15-,19-18-/t29-,31?,32-/m0/s1. The first-order valence-electron chi connectivity index (χ1n) is 14.5. The van der Waals surface area contributed by atoms with Crippen molar-refractivity contribution in [3.8, 4) is 0 Å². The highest BCUT2D eigenvalue weighted by atomic mass is 32.2. The molecule has 1 aliphatic rings. The summed E-state index contributed by atoms with van der Waals surface area (Å²) in [5.41, 5.74) is 0.921. The molecule has 0 N–H and O–H groups in total. The number of imide groups is 1. The van der Waals surface area contributed by atoms with Crippen molar-refractivity contribution in [1.82, 2.24) is 4.90 Å². The van der Waals surface area contributed by atoms with Crippen LogP contribution in [-0.2, 0) is 9.53 Å². The lowest BCUT2D eigenvalue weighted by Gasteiger charge is -2.23. The summed E-state index contributed by atoms with van der Waals surface area (Å²) in [5.74, 6) is 0.783. The van der Waals surface area contributed by atoms with Crippen molar-refractivity contribution in [2.45, 2.75) is 96.0 Å². The van der Waals surface area contributed by atoms with E-state index in [-0.39, 0.29) is 17.2 Å². The lowest BCUT2D eigenvalue weighted by molar-refractivity contribution is -0.128. The summed E-state index contributed by atoms with van der Waals surface area (Å²) in [6, 6.07) is 9.34. The van der Waals surface area contributed by atoms with Crippen molar-refractivity contribution in [3.05, 3.63) is 96.7 Å². The van der Waals surface area contributed by atoms with Gasteiger partial charge in [0.25, 0.3) is 0 Å². The first kappa shape index (κ1) is 32.4. The topological polar surface area (TPSA) is 46.6 Å². The molecule has 1 unspecified atom stereocenters. The summed E-state index contributed by atoms with van der Waals surface area (Å²) in [6.45, 7) is 6.05. The van der Waals surface area contributed by atoms with E-state index in [9.17, 15) is 9.59 Å². The number of benzene rings is 1. The van der Waals surface area contributed by atoms with Crippen LogP contribution in [0.2, 0.25) is 0 Å². The summed E-state index contributed by atoms with van der Waals surface area (Å²) >= 11 is 1.66. The molecular weight excluding hydrogens is 502 g/mol. The van der Waals surface area contributed by atoms with Gasteiger partial charge < -0.3 is 4.74 Å². The summed E-state index contributed by atoms with van der Waals surface area (Å²) in [7, 11) is 0. The zero-order valence-electron chi connectivity index (χ0n) is 24.0. The highest BCUT2D eigenvalue weighted by Crippen LogP contribution is 2.34. The lowest BCUT2D eigenvalue weighted by atomic mass is 10.0. The van der Waals surface area contributed by atoms with Gasteiger partial charge in [0.2, 0.25) is 5.91 Å². The van der Waals surface area contributed by atoms with Crippen molar-refractivity contribution < 1.29 is 14.3 Å². The van der Waals surface area contributed by atoms with Crippen LogP contribution in [0.3, 0.4) is 0 Å². The Morgan fingerprint density at radius 3 is 2.00 bits per heavy atom. The predicted molar refractivity (Wildman–Crippen MR) is 167 cm³/mol. The van der Waals surface area contributed by atoms with Gasteiger partial charge in [-0.15, -0.1) is 11.8 Å². The number of nitrogens with zero attached hydrogens (tertiary/aromatic N) is 1. The number of rotatable bonds is 18. The molecule has 4 nitrogen and oxygen atoms in total. The number of allylic oxidation sites excluding steroid dienone is 10. The first-order chi connectivity index (χ1) is 19.1. The number of cyclic esters (lactones) is 1. The number of carbonyl (C=O) groups is 2. The van der Waals surface area contributed by atoms with Crippen LogP contribution in [-0.4, -0.2) is 33.9 Å². The Morgan fingerprint density at radius 1 is 0.872 bits per heavy atom. The average Bonchev–Trinajstić information content (AvgIpc) is 3.25. The molecule has 0 radical (unpaired) electrons. The first-order valence-corrected chi connectivity index (χ1v) is 15.6. The summed E-state index contributed by atoms with van der Waals surface area (Å²) < 4.78 is 5.57. The third-order valence-electron chi connectivity index (χ3n) is 6.52. The van der Waals surface area contributed by atoms with Crippen LogP contribution < -0.4 is 0 Å². The fourth-order valence-electron chi connectivity index (χ4n) is 4.32. The van der Waals surface area contributed by atoms with Crippen LogP contribution in [0, 0.1) is 0 Å². The Morgan fingerprint density at radius 2 is 1.44 bits per heavy atom. The number of ether oxygens (including phenoxy) is 1. The van der Waals surface area contributed by atoms with E-state index in [0.29, 0.717) is 6.42 Å². The monoisotopic (exact) mass is 549 g/mol. The molecule has 0 spiro atoms. The largest absolute Gasteiger partial charge is 0.439 e. The molecular formula is C34H47NO3S. The molecule has 2 amide bonds. The van der Waals surface area contributed by atoms with Gasteiger partial charge in [-0.05, 0) is 76.0 Å². The summed E-state index contributed by atoms with van der Waals surface area (Å²) in [5, 5.41) is -0.219. The number of hydrogen-bond acceptors (Lipinski definition) is 4. The molecule has 39 heavy (non-hydrogen) atoms. The SMILES string of the molecule is CC/C=C\C/C=C\C/C=C\C/C=C\C/C=C\CCCCSC(CC)C(=O)N1C(=O)O[C@H](c2ccccc2)[C@@H]1C. The second kappa shape index (κ2) is 20.2. The van der Waals surface area contributed by atoms with Gasteiger partial charge in [0.1, 0.15) is 6.10 Å². The smallest absolute Gasteiger partial charge is 0.417 e. The molecule has 1 saturated heterocycles. The van der Waals surface area contributed by atoms with E-state index in [2.05, 4.69) is 67.7 Å². The maximum atomic E-state index is 13.2.